The second-order valence-electron chi connectivity index (χ2n) is 6.87. The van der Waals surface area contributed by atoms with Crippen LogP contribution in [0.3, 0.4) is 0 Å². The van der Waals surface area contributed by atoms with Gasteiger partial charge in [0.15, 0.2) is 0 Å². The summed E-state index contributed by atoms with van der Waals surface area (Å²) in [6.45, 7) is 4.20. The third-order valence-corrected chi connectivity index (χ3v) is 4.76. The summed E-state index contributed by atoms with van der Waals surface area (Å²) in [4.78, 5) is 4.90. The van der Waals surface area contributed by atoms with Crippen molar-refractivity contribution in [2.24, 2.45) is 5.73 Å². The van der Waals surface area contributed by atoms with Crippen LogP contribution in [0.4, 0.5) is 0 Å². The molecule has 4 aromatic rings. The fourth-order valence-electron chi connectivity index (χ4n) is 3.58. The number of rotatable bonds is 3. The summed E-state index contributed by atoms with van der Waals surface area (Å²) in [6, 6.07) is 27.1. The number of benzene rings is 3. The molecule has 4 rings (SSSR count). The summed E-state index contributed by atoms with van der Waals surface area (Å²) >= 11 is 0. The predicted molar refractivity (Wildman–Crippen MR) is 109 cm³/mol. The second-order valence-corrected chi connectivity index (χ2v) is 6.87. The van der Waals surface area contributed by atoms with E-state index in [1.807, 2.05) is 12.1 Å². The number of hydrogen-bond acceptors (Lipinski definition) is 2. The number of hydrogen-bond donors (Lipinski definition) is 1. The van der Waals surface area contributed by atoms with E-state index < -0.39 is 0 Å². The Morgan fingerprint density at radius 1 is 0.769 bits per heavy atom. The van der Waals surface area contributed by atoms with Gasteiger partial charge in [0.25, 0.3) is 0 Å². The molecule has 0 aliphatic rings. The van der Waals surface area contributed by atoms with E-state index in [1.54, 1.807) is 0 Å². The lowest BCUT2D eigenvalue weighted by Crippen LogP contribution is -2.14. The van der Waals surface area contributed by atoms with Crippen molar-refractivity contribution in [3.05, 3.63) is 101 Å². The molecule has 26 heavy (non-hydrogen) atoms. The number of aryl methyl sites for hydroxylation is 2. The molecule has 0 radical (unpaired) electrons. The van der Waals surface area contributed by atoms with E-state index in [9.17, 15) is 0 Å². The van der Waals surface area contributed by atoms with Crippen LogP contribution in [-0.4, -0.2) is 4.98 Å². The smallest absolute Gasteiger partial charge is 0.0726 e. The van der Waals surface area contributed by atoms with Crippen LogP contribution in [0.2, 0.25) is 0 Å². The molecule has 0 spiro atoms. The maximum absolute atomic E-state index is 6.55. The first-order valence-corrected chi connectivity index (χ1v) is 8.91. The largest absolute Gasteiger partial charge is 0.319 e. The van der Waals surface area contributed by atoms with Gasteiger partial charge in [0, 0.05) is 5.56 Å². The Hall–Kier alpha value is -2.97. The monoisotopic (exact) mass is 338 g/mol. The highest BCUT2D eigenvalue weighted by molar-refractivity contribution is 5.95. The van der Waals surface area contributed by atoms with Crippen LogP contribution >= 0.6 is 0 Å². The Kier molecular flexibility index (Phi) is 4.27. The molecule has 0 fully saturated rings. The Labute approximate surface area is 154 Å². The highest BCUT2D eigenvalue weighted by Crippen LogP contribution is 2.29. The molecule has 1 aromatic heterocycles. The average molecular weight is 338 g/mol. The lowest BCUT2D eigenvalue weighted by Gasteiger charge is -2.15. The minimum atomic E-state index is -0.233. The predicted octanol–water partition coefficient (Wildman–Crippen LogP) is 5.57. The third-order valence-electron chi connectivity index (χ3n) is 4.76. The van der Waals surface area contributed by atoms with Crippen molar-refractivity contribution in [1.82, 2.24) is 4.98 Å². The quantitative estimate of drug-likeness (QED) is 0.530. The van der Waals surface area contributed by atoms with Crippen LogP contribution < -0.4 is 5.73 Å². The summed E-state index contributed by atoms with van der Waals surface area (Å²) in [5.74, 6) is 0. The van der Waals surface area contributed by atoms with Crippen molar-refractivity contribution in [3.63, 3.8) is 0 Å². The average Bonchev–Trinajstić information content (AvgIpc) is 2.66. The summed E-state index contributed by atoms with van der Waals surface area (Å²) < 4.78 is 0. The van der Waals surface area contributed by atoms with Gasteiger partial charge in [-0.25, -0.2) is 0 Å². The van der Waals surface area contributed by atoms with Crippen molar-refractivity contribution in [2.75, 3.05) is 0 Å². The van der Waals surface area contributed by atoms with Crippen molar-refractivity contribution < 1.29 is 0 Å². The van der Waals surface area contributed by atoms with E-state index in [1.165, 1.54) is 21.9 Å². The number of nitrogens with two attached hydrogens (primary N) is 1. The Morgan fingerprint density at radius 3 is 2.27 bits per heavy atom. The van der Waals surface area contributed by atoms with Crippen molar-refractivity contribution in [1.29, 1.82) is 0 Å². The van der Waals surface area contributed by atoms with Crippen LogP contribution in [-0.2, 0) is 0 Å². The highest BCUT2D eigenvalue weighted by Gasteiger charge is 2.13. The van der Waals surface area contributed by atoms with Gasteiger partial charge in [0.05, 0.1) is 17.4 Å². The molecular weight excluding hydrogens is 316 g/mol. The van der Waals surface area contributed by atoms with E-state index in [0.29, 0.717) is 0 Å². The van der Waals surface area contributed by atoms with Gasteiger partial charge in [0.2, 0.25) is 0 Å². The fraction of sp³-hybridized carbons (Fsp3) is 0.125. The molecule has 128 valence electrons. The Morgan fingerprint density at radius 2 is 1.46 bits per heavy atom. The molecule has 1 atom stereocenters. The zero-order valence-electron chi connectivity index (χ0n) is 15.1. The molecule has 3 aromatic carbocycles. The minimum absolute atomic E-state index is 0.233. The Bertz CT molecular complexity index is 1060. The molecule has 0 aliphatic carbocycles. The van der Waals surface area contributed by atoms with Gasteiger partial charge in [-0.3, -0.25) is 4.98 Å². The summed E-state index contributed by atoms with van der Waals surface area (Å²) in [7, 11) is 0. The maximum atomic E-state index is 6.55. The zero-order chi connectivity index (χ0) is 18.1. The molecule has 0 amide bonds. The van der Waals surface area contributed by atoms with Crippen molar-refractivity contribution in [2.45, 2.75) is 19.9 Å². The van der Waals surface area contributed by atoms with Crippen LogP contribution in [0.15, 0.2) is 78.9 Å². The third kappa shape index (κ3) is 3.12. The molecule has 2 N–H and O–H groups in total. The van der Waals surface area contributed by atoms with E-state index in [2.05, 4.69) is 80.6 Å². The number of aromatic nitrogens is 1. The van der Waals surface area contributed by atoms with E-state index >= 15 is 0 Å². The van der Waals surface area contributed by atoms with Crippen LogP contribution in [0.1, 0.15) is 28.4 Å². The molecule has 0 bridgehead atoms. The van der Waals surface area contributed by atoms with Gasteiger partial charge in [0.1, 0.15) is 0 Å². The lowest BCUT2D eigenvalue weighted by molar-refractivity contribution is 0.828. The second kappa shape index (κ2) is 6.74. The fourth-order valence-corrected chi connectivity index (χ4v) is 3.58. The van der Waals surface area contributed by atoms with Gasteiger partial charge in [-0.15, -0.1) is 0 Å². The number of pyridine rings is 1. The van der Waals surface area contributed by atoms with Gasteiger partial charge in [-0.1, -0.05) is 77.9 Å². The van der Waals surface area contributed by atoms with Crippen molar-refractivity contribution >= 4 is 10.8 Å². The summed E-state index contributed by atoms with van der Waals surface area (Å²) in [5, 5.41) is 2.43. The lowest BCUT2D eigenvalue weighted by atomic mass is 9.98. The van der Waals surface area contributed by atoms with E-state index in [4.69, 9.17) is 10.7 Å². The molecular formula is C24H22N2. The summed E-state index contributed by atoms with van der Waals surface area (Å²) in [6.07, 6.45) is 0. The normalized spacial score (nSPS) is 12.3. The summed E-state index contributed by atoms with van der Waals surface area (Å²) in [5.41, 5.74) is 13.1. The molecule has 1 heterocycles. The van der Waals surface area contributed by atoms with E-state index in [-0.39, 0.29) is 6.04 Å². The number of fused-ring (bicyclic) bond motifs is 1. The van der Waals surface area contributed by atoms with Gasteiger partial charge >= 0.3 is 0 Å². The minimum Gasteiger partial charge on any atom is -0.319 e. The first-order chi connectivity index (χ1) is 12.6. The first-order valence-electron chi connectivity index (χ1n) is 8.91. The van der Waals surface area contributed by atoms with Crippen LogP contribution in [0.25, 0.3) is 22.0 Å². The Balaban J connectivity index is 1.79. The molecule has 0 saturated heterocycles. The maximum Gasteiger partial charge on any atom is 0.0726 e. The standard InChI is InChI=1S/C24H22N2/c1-16-13-17(2)15-19(14-16)24(25)23-12-6-11-22(26-23)21-10-5-8-18-7-3-4-9-20(18)21/h3-15,24H,25H2,1-2H3. The molecule has 2 heteroatoms. The van der Waals surface area contributed by atoms with E-state index in [0.717, 1.165) is 22.5 Å². The molecule has 0 aliphatic heterocycles. The van der Waals surface area contributed by atoms with Crippen molar-refractivity contribution in [3.8, 4) is 11.3 Å². The highest BCUT2D eigenvalue weighted by atomic mass is 14.8. The van der Waals surface area contributed by atoms with Crippen LogP contribution in [0, 0.1) is 13.8 Å². The van der Waals surface area contributed by atoms with Gasteiger partial charge < -0.3 is 5.73 Å². The topological polar surface area (TPSA) is 38.9 Å². The van der Waals surface area contributed by atoms with Gasteiger partial charge in [-0.2, -0.15) is 0 Å². The SMILES string of the molecule is Cc1cc(C)cc(C(N)c2cccc(-c3cccc4ccccc34)n2)c1. The van der Waals surface area contributed by atoms with Gasteiger partial charge in [-0.05, 0) is 42.3 Å². The van der Waals surface area contributed by atoms with Crippen LogP contribution in [0.5, 0.6) is 0 Å². The molecule has 2 nitrogen and oxygen atoms in total. The molecule has 0 saturated carbocycles. The first kappa shape index (κ1) is 16.5. The number of nitrogens with zero attached hydrogens (tertiary/aromatic N) is 1. The zero-order valence-corrected chi connectivity index (χ0v) is 15.1. The molecule has 1 unspecified atom stereocenters.